The van der Waals surface area contributed by atoms with Crippen LogP contribution < -0.4 is 0 Å². The zero-order valence-electron chi connectivity index (χ0n) is 11.8. The molecule has 0 bridgehead atoms. The maximum absolute atomic E-state index is 12.8. The van der Waals surface area contributed by atoms with Crippen LogP contribution in [0.15, 0.2) is 24.3 Å². The molecular weight excluding hydrogens is 241 g/mol. The van der Waals surface area contributed by atoms with Gasteiger partial charge in [0.05, 0.1) is 0 Å². The number of rotatable bonds is 5. The van der Waals surface area contributed by atoms with Gasteiger partial charge in [0, 0.05) is 18.5 Å². The van der Waals surface area contributed by atoms with Crippen molar-refractivity contribution in [3.63, 3.8) is 0 Å². The average Bonchev–Trinajstić information content (AvgIpc) is 2.69. The van der Waals surface area contributed by atoms with E-state index in [0.29, 0.717) is 17.4 Å². The van der Waals surface area contributed by atoms with Gasteiger partial charge in [-0.25, -0.2) is 4.39 Å². The topological polar surface area (TPSA) is 20.3 Å². The number of likely N-dealkylation sites (tertiary alicyclic amines) is 1. The largest absolute Gasteiger partial charge is 0.303 e. The third-order valence-corrected chi connectivity index (χ3v) is 3.80. The fraction of sp³-hybridized carbons (Fsp3) is 0.562. The summed E-state index contributed by atoms with van der Waals surface area (Å²) in [5, 5.41) is 0. The summed E-state index contributed by atoms with van der Waals surface area (Å²) in [6, 6.07) is 5.82. The standard InChI is InChI=1S/C16H22FNO/c1-16(2)9-11-18(12-16)10-3-4-15(19)13-5-7-14(17)8-6-13/h5-8H,3-4,9-12H2,1-2H3. The van der Waals surface area contributed by atoms with Gasteiger partial charge in [-0.15, -0.1) is 0 Å². The number of benzene rings is 1. The molecule has 1 fully saturated rings. The molecule has 1 aromatic rings. The van der Waals surface area contributed by atoms with E-state index in [1.165, 1.54) is 18.6 Å². The Labute approximate surface area is 114 Å². The number of carbonyl (C=O) groups is 1. The lowest BCUT2D eigenvalue weighted by molar-refractivity contribution is 0.0975. The zero-order valence-corrected chi connectivity index (χ0v) is 11.8. The van der Waals surface area contributed by atoms with E-state index >= 15 is 0 Å². The van der Waals surface area contributed by atoms with E-state index in [9.17, 15) is 9.18 Å². The van der Waals surface area contributed by atoms with E-state index < -0.39 is 0 Å². The van der Waals surface area contributed by atoms with Crippen molar-refractivity contribution in [2.75, 3.05) is 19.6 Å². The van der Waals surface area contributed by atoms with Gasteiger partial charge in [0.25, 0.3) is 0 Å². The lowest BCUT2D eigenvalue weighted by Gasteiger charge is -2.19. The molecule has 1 aliphatic heterocycles. The molecule has 0 N–H and O–H groups in total. The predicted octanol–water partition coefficient (Wildman–Crippen LogP) is 3.52. The van der Waals surface area contributed by atoms with Gasteiger partial charge in [-0.3, -0.25) is 4.79 Å². The maximum Gasteiger partial charge on any atom is 0.162 e. The molecule has 0 spiro atoms. The minimum atomic E-state index is -0.296. The SMILES string of the molecule is CC1(C)CCN(CCCC(=O)c2ccc(F)cc2)C1. The van der Waals surface area contributed by atoms with Crippen LogP contribution in [0.3, 0.4) is 0 Å². The number of nitrogens with zero attached hydrogens (tertiary/aromatic N) is 1. The second kappa shape index (κ2) is 5.83. The molecule has 0 unspecified atom stereocenters. The van der Waals surface area contributed by atoms with Gasteiger partial charge >= 0.3 is 0 Å². The van der Waals surface area contributed by atoms with Crippen LogP contribution in [0.5, 0.6) is 0 Å². The molecule has 0 aliphatic carbocycles. The Bertz CT molecular complexity index is 439. The highest BCUT2D eigenvalue weighted by Gasteiger charge is 2.28. The summed E-state index contributed by atoms with van der Waals surface area (Å²) in [5.41, 5.74) is 1.03. The molecule has 0 aromatic heterocycles. The van der Waals surface area contributed by atoms with E-state index in [0.717, 1.165) is 26.1 Å². The summed E-state index contributed by atoms with van der Waals surface area (Å²) in [7, 11) is 0. The number of hydrogen-bond donors (Lipinski definition) is 0. The fourth-order valence-electron chi connectivity index (χ4n) is 2.66. The molecule has 19 heavy (non-hydrogen) atoms. The monoisotopic (exact) mass is 263 g/mol. The summed E-state index contributed by atoms with van der Waals surface area (Å²) >= 11 is 0. The van der Waals surface area contributed by atoms with Gasteiger partial charge in [-0.05, 0) is 55.6 Å². The van der Waals surface area contributed by atoms with Gasteiger partial charge in [0.1, 0.15) is 5.82 Å². The highest BCUT2D eigenvalue weighted by atomic mass is 19.1. The molecule has 0 saturated carbocycles. The Morgan fingerprint density at radius 2 is 2.00 bits per heavy atom. The van der Waals surface area contributed by atoms with Gasteiger partial charge in [0.2, 0.25) is 0 Å². The van der Waals surface area contributed by atoms with Crippen molar-refractivity contribution in [3.8, 4) is 0 Å². The molecule has 2 rings (SSSR count). The normalized spacial score (nSPS) is 18.7. The van der Waals surface area contributed by atoms with Crippen LogP contribution in [0.4, 0.5) is 4.39 Å². The Morgan fingerprint density at radius 3 is 2.58 bits per heavy atom. The first-order valence-electron chi connectivity index (χ1n) is 6.97. The number of carbonyl (C=O) groups excluding carboxylic acids is 1. The van der Waals surface area contributed by atoms with Gasteiger partial charge in [0.15, 0.2) is 5.78 Å². The van der Waals surface area contributed by atoms with Gasteiger partial charge in [-0.1, -0.05) is 13.8 Å². The molecule has 0 atom stereocenters. The van der Waals surface area contributed by atoms with Crippen molar-refractivity contribution in [1.82, 2.24) is 4.90 Å². The van der Waals surface area contributed by atoms with Crippen molar-refractivity contribution >= 4 is 5.78 Å². The minimum absolute atomic E-state index is 0.110. The first-order chi connectivity index (χ1) is 8.96. The molecule has 0 amide bonds. The summed E-state index contributed by atoms with van der Waals surface area (Å²) in [6.07, 6.45) is 2.66. The molecule has 0 radical (unpaired) electrons. The summed E-state index contributed by atoms with van der Waals surface area (Å²) in [4.78, 5) is 14.3. The Hall–Kier alpha value is -1.22. The van der Waals surface area contributed by atoms with Gasteiger partial charge in [-0.2, -0.15) is 0 Å². The van der Waals surface area contributed by atoms with Crippen LogP contribution in [-0.4, -0.2) is 30.3 Å². The van der Waals surface area contributed by atoms with Gasteiger partial charge < -0.3 is 4.90 Å². The first kappa shape index (κ1) is 14.2. The Kier molecular flexibility index (Phi) is 4.35. The first-order valence-corrected chi connectivity index (χ1v) is 6.97. The summed E-state index contributed by atoms with van der Waals surface area (Å²) in [6.45, 7) is 7.82. The van der Waals surface area contributed by atoms with Crippen LogP contribution in [-0.2, 0) is 0 Å². The van der Waals surface area contributed by atoms with E-state index in [1.807, 2.05) is 0 Å². The lowest BCUT2D eigenvalue weighted by atomic mass is 9.93. The van der Waals surface area contributed by atoms with Crippen molar-refractivity contribution in [1.29, 1.82) is 0 Å². The minimum Gasteiger partial charge on any atom is -0.303 e. The Morgan fingerprint density at radius 1 is 1.32 bits per heavy atom. The molecule has 3 heteroatoms. The molecule has 1 saturated heterocycles. The molecule has 2 nitrogen and oxygen atoms in total. The van der Waals surface area contributed by atoms with Crippen molar-refractivity contribution in [2.45, 2.75) is 33.1 Å². The molecular formula is C16H22FNO. The second-order valence-corrected chi connectivity index (χ2v) is 6.22. The number of halogens is 1. The number of hydrogen-bond acceptors (Lipinski definition) is 2. The fourth-order valence-corrected chi connectivity index (χ4v) is 2.66. The summed E-state index contributed by atoms with van der Waals surface area (Å²) < 4.78 is 12.8. The smallest absolute Gasteiger partial charge is 0.162 e. The molecule has 104 valence electrons. The lowest BCUT2D eigenvalue weighted by Crippen LogP contribution is -2.24. The van der Waals surface area contributed by atoms with E-state index in [4.69, 9.17) is 0 Å². The van der Waals surface area contributed by atoms with E-state index in [1.54, 1.807) is 12.1 Å². The molecule has 1 aliphatic rings. The van der Waals surface area contributed by atoms with Crippen molar-refractivity contribution in [2.24, 2.45) is 5.41 Å². The second-order valence-electron chi connectivity index (χ2n) is 6.22. The van der Waals surface area contributed by atoms with Crippen LogP contribution in [0.1, 0.15) is 43.5 Å². The zero-order chi connectivity index (χ0) is 13.9. The van der Waals surface area contributed by atoms with Crippen LogP contribution >= 0.6 is 0 Å². The molecule has 1 heterocycles. The Balaban J connectivity index is 1.74. The van der Waals surface area contributed by atoms with Crippen LogP contribution in [0, 0.1) is 11.2 Å². The summed E-state index contributed by atoms with van der Waals surface area (Å²) in [5.74, 6) is -0.186. The third-order valence-electron chi connectivity index (χ3n) is 3.80. The molecule has 1 aromatic carbocycles. The van der Waals surface area contributed by atoms with E-state index in [2.05, 4.69) is 18.7 Å². The number of ketones is 1. The highest BCUT2D eigenvalue weighted by molar-refractivity contribution is 5.95. The van der Waals surface area contributed by atoms with Crippen LogP contribution in [0.2, 0.25) is 0 Å². The quantitative estimate of drug-likeness (QED) is 0.758. The van der Waals surface area contributed by atoms with E-state index in [-0.39, 0.29) is 11.6 Å². The number of Topliss-reactive ketones (excluding diaryl/α,β-unsaturated/α-hetero) is 1. The highest BCUT2D eigenvalue weighted by Crippen LogP contribution is 2.28. The van der Waals surface area contributed by atoms with Crippen molar-refractivity contribution in [3.05, 3.63) is 35.6 Å². The van der Waals surface area contributed by atoms with Crippen molar-refractivity contribution < 1.29 is 9.18 Å². The average molecular weight is 263 g/mol. The maximum atomic E-state index is 12.8. The van der Waals surface area contributed by atoms with Crippen LogP contribution in [0.25, 0.3) is 0 Å². The predicted molar refractivity (Wildman–Crippen MR) is 74.8 cm³/mol. The third kappa shape index (κ3) is 4.13.